The number of nitrogens with one attached hydrogen (secondary N) is 1. The van der Waals surface area contributed by atoms with Crippen LogP contribution in [0.4, 0.5) is 0 Å². The Morgan fingerprint density at radius 3 is 2.86 bits per heavy atom. The van der Waals surface area contributed by atoms with Crippen molar-refractivity contribution in [2.75, 3.05) is 6.54 Å². The Balaban J connectivity index is 1.73. The molecule has 22 heavy (non-hydrogen) atoms. The average Bonchev–Trinajstić information content (AvgIpc) is 2.52. The van der Waals surface area contributed by atoms with Crippen LogP contribution < -0.4 is 11.1 Å². The summed E-state index contributed by atoms with van der Waals surface area (Å²) in [6.07, 6.45) is 12.4. The summed E-state index contributed by atoms with van der Waals surface area (Å²) >= 11 is 0. The summed E-state index contributed by atoms with van der Waals surface area (Å²) in [7, 11) is 0. The van der Waals surface area contributed by atoms with E-state index in [9.17, 15) is 9.59 Å². The number of carboxylic acids is 1. The molecule has 2 rings (SSSR count). The van der Waals surface area contributed by atoms with Crippen LogP contribution in [-0.2, 0) is 9.59 Å². The van der Waals surface area contributed by atoms with E-state index < -0.39 is 12.0 Å². The molecule has 0 saturated heterocycles. The number of rotatable bonds is 7. The van der Waals surface area contributed by atoms with Gasteiger partial charge in [-0.2, -0.15) is 0 Å². The molecule has 2 aliphatic rings. The van der Waals surface area contributed by atoms with Crippen molar-refractivity contribution in [1.82, 2.24) is 5.32 Å². The molecule has 4 N–H and O–H groups in total. The van der Waals surface area contributed by atoms with Crippen molar-refractivity contribution in [3.8, 4) is 0 Å². The SMILES string of the molecule is NC(CCC(=O)NCCC1=CCCC2=C1C=CCC2)C(=O)O. The van der Waals surface area contributed by atoms with Gasteiger partial charge in [0.05, 0.1) is 0 Å². The van der Waals surface area contributed by atoms with Gasteiger partial charge in [-0.15, -0.1) is 0 Å². The van der Waals surface area contributed by atoms with E-state index in [1.54, 1.807) is 5.57 Å². The van der Waals surface area contributed by atoms with Gasteiger partial charge in [0.2, 0.25) is 5.91 Å². The standard InChI is InChI=1S/C17H24N2O3/c18-15(17(21)22)8-9-16(20)19-11-10-13-6-3-5-12-4-1-2-7-14(12)13/h2,6-7,15H,1,3-5,8-11,18H2,(H,19,20)(H,21,22). The molecule has 120 valence electrons. The quantitative estimate of drug-likeness (QED) is 0.671. The minimum Gasteiger partial charge on any atom is -0.480 e. The highest BCUT2D eigenvalue weighted by Crippen LogP contribution is 2.33. The summed E-state index contributed by atoms with van der Waals surface area (Å²) in [5, 5.41) is 11.5. The molecule has 1 unspecified atom stereocenters. The number of amides is 1. The van der Waals surface area contributed by atoms with E-state index >= 15 is 0 Å². The van der Waals surface area contributed by atoms with Crippen molar-refractivity contribution in [3.05, 3.63) is 34.9 Å². The van der Waals surface area contributed by atoms with Crippen LogP contribution in [0.5, 0.6) is 0 Å². The Bertz CT molecular complexity index is 528. The zero-order valence-electron chi connectivity index (χ0n) is 12.8. The smallest absolute Gasteiger partial charge is 0.320 e. The zero-order valence-corrected chi connectivity index (χ0v) is 12.8. The van der Waals surface area contributed by atoms with Crippen LogP contribution in [0.1, 0.15) is 44.9 Å². The first kappa shape index (κ1) is 16.5. The maximum Gasteiger partial charge on any atom is 0.320 e. The number of allylic oxidation sites excluding steroid dienone is 5. The highest BCUT2D eigenvalue weighted by molar-refractivity contribution is 5.78. The fourth-order valence-corrected chi connectivity index (χ4v) is 2.91. The van der Waals surface area contributed by atoms with E-state index in [1.165, 1.54) is 11.1 Å². The van der Waals surface area contributed by atoms with Gasteiger partial charge in [-0.1, -0.05) is 23.8 Å². The molecule has 0 aromatic heterocycles. The molecule has 1 atom stereocenters. The van der Waals surface area contributed by atoms with Crippen molar-refractivity contribution in [2.45, 2.75) is 51.0 Å². The molecule has 0 saturated carbocycles. The fraction of sp³-hybridized carbons (Fsp3) is 0.529. The van der Waals surface area contributed by atoms with Crippen molar-refractivity contribution in [2.24, 2.45) is 5.73 Å². The number of carbonyl (C=O) groups is 2. The fourth-order valence-electron chi connectivity index (χ4n) is 2.91. The van der Waals surface area contributed by atoms with Crippen molar-refractivity contribution in [3.63, 3.8) is 0 Å². The van der Waals surface area contributed by atoms with Crippen LogP contribution in [0.2, 0.25) is 0 Å². The normalized spacial score (nSPS) is 18.5. The first-order valence-electron chi connectivity index (χ1n) is 7.91. The van der Waals surface area contributed by atoms with Crippen molar-refractivity contribution < 1.29 is 14.7 Å². The second kappa shape index (κ2) is 7.94. The molecule has 2 aliphatic carbocycles. The summed E-state index contributed by atoms with van der Waals surface area (Å²) in [6, 6.07) is -0.966. The Labute approximate surface area is 131 Å². The minimum absolute atomic E-state index is 0.138. The van der Waals surface area contributed by atoms with Crippen LogP contribution in [0, 0.1) is 0 Å². The predicted molar refractivity (Wildman–Crippen MR) is 85.2 cm³/mol. The molecular formula is C17H24N2O3. The summed E-state index contributed by atoms with van der Waals surface area (Å²) in [5.74, 6) is -1.20. The lowest BCUT2D eigenvalue weighted by Gasteiger charge is -2.22. The van der Waals surface area contributed by atoms with Gasteiger partial charge in [-0.05, 0) is 49.7 Å². The number of aliphatic carboxylic acids is 1. The summed E-state index contributed by atoms with van der Waals surface area (Å²) in [6.45, 7) is 0.581. The molecule has 0 aromatic rings. The molecule has 0 aliphatic heterocycles. The highest BCUT2D eigenvalue weighted by atomic mass is 16.4. The molecule has 0 aromatic carbocycles. The lowest BCUT2D eigenvalue weighted by atomic mass is 9.84. The van der Waals surface area contributed by atoms with E-state index in [1.807, 2.05) is 0 Å². The molecule has 0 radical (unpaired) electrons. The number of nitrogens with two attached hydrogens (primary N) is 1. The Kier molecular flexibility index (Phi) is 5.95. The van der Waals surface area contributed by atoms with Crippen molar-refractivity contribution in [1.29, 1.82) is 0 Å². The highest BCUT2D eigenvalue weighted by Gasteiger charge is 2.16. The van der Waals surface area contributed by atoms with Crippen LogP contribution in [-0.4, -0.2) is 29.6 Å². The largest absolute Gasteiger partial charge is 0.480 e. The number of carbonyl (C=O) groups excluding carboxylic acids is 1. The Hall–Kier alpha value is -1.88. The zero-order chi connectivity index (χ0) is 15.9. The molecule has 0 heterocycles. The maximum atomic E-state index is 11.7. The second-order valence-electron chi connectivity index (χ2n) is 5.81. The predicted octanol–water partition coefficient (Wildman–Crippen LogP) is 2.05. The molecular weight excluding hydrogens is 280 g/mol. The third kappa shape index (κ3) is 4.56. The monoisotopic (exact) mass is 304 g/mol. The van der Waals surface area contributed by atoms with Gasteiger partial charge >= 0.3 is 5.97 Å². The van der Waals surface area contributed by atoms with Crippen LogP contribution in [0.3, 0.4) is 0 Å². The third-order valence-electron chi connectivity index (χ3n) is 4.18. The Morgan fingerprint density at radius 2 is 2.09 bits per heavy atom. The van der Waals surface area contributed by atoms with Gasteiger partial charge in [0.25, 0.3) is 0 Å². The van der Waals surface area contributed by atoms with Crippen molar-refractivity contribution >= 4 is 11.9 Å². The Morgan fingerprint density at radius 1 is 1.32 bits per heavy atom. The first-order chi connectivity index (χ1) is 10.6. The molecule has 5 heteroatoms. The topological polar surface area (TPSA) is 92.4 Å². The van der Waals surface area contributed by atoms with E-state index in [0.717, 1.165) is 32.1 Å². The van der Waals surface area contributed by atoms with Gasteiger partial charge in [0, 0.05) is 13.0 Å². The summed E-state index contributed by atoms with van der Waals surface area (Å²) in [4.78, 5) is 22.3. The van der Waals surface area contributed by atoms with E-state index in [4.69, 9.17) is 10.8 Å². The van der Waals surface area contributed by atoms with Gasteiger partial charge < -0.3 is 16.2 Å². The van der Waals surface area contributed by atoms with Gasteiger partial charge in [0.1, 0.15) is 6.04 Å². The average molecular weight is 304 g/mol. The number of carboxylic acid groups (broad SMARTS) is 1. The number of hydrogen-bond acceptors (Lipinski definition) is 3. The van der Waals surface area contributed by atoms with E-state index in [-0.39, 0.29) is 18.7 Å². The molecule has 0 bridgehead atoms. The molecule has 1 amide bonds. The van der Waals surface area contributed by atoms with Gasteiger partial charge in [-0.25, -0.2) is 0 Å². The number of hydrogen-bond donors (Lipinski definition) is 3. The molecule has 0 spiro atoms. The maximum absolute atomic E-state index is 11.7. The van der Waals surface area contributed by atoms with Gasteiger partial charge in [-0.3, -0.25) is 9.59 Å². The van der Waals surface area contributed by atoms with E-state index in [2.05, 4.69) is 23.5 Å². The summed E-state index contributed by atoms with van der Waals surface area (Å²) < 4.78 is 0. The molecule has 0 fully saturated rings. The van der Waals surface area contributed by atoms with Gasteiger partial charge in [0.15, 0.2) is 0 Å². The van der Waals surface area contributed by atoms with Crippen LogP contribution >= 0.6 is 0 Å². The lowest BCUT2D eigenvalue weighted by molar-refractivity contribution is -0.138. The third-order valence-corrected chi connectivity index (χ3v) is 4.18. The van der Waals surface area contributed by atoms with Crippen LogP contribution in [0.25, 0.3) is 0 Å². The summed E-state index contributed by atoms with van der Waals surface area (Å²) in [5.41, 5.74) is 9.60. The lowest BCUT2D eigenvalue weighted by Crippen LogP contribution is -2.33. The van der Waals surface area contributed by atoms with E-state index in [0.29, 0.717) is 6.54 Å². The molecule has 5 nitrogen and oxygen atoms in total. The first-order valence-corrected chi connectivity index (χ1v) is 7.91. The van der Waals surface area contributed by atoms with Crippen LogP contribution in [0.15, 0.2) is 34.9 Å². The second-order valence-corrected chi connectivity index (χ2v) is 5.81. The minimum atomic E-state index is -1.07.